The fourth-order valence-corrected chi connectivity index (χ4v) is 3.83. The Hall–Kier alpha value is -2.61. The maximum Gasteiger partial charge on any atom is 0.317 e. The Kier molecular flexibility index (Phi) is 7.09. The zero-order valence-corrected chi connectivity index (χ0v) is 16.8. The number of carbonyl (C=O) groups excluding carboxylic acids is 2. The molecule has 1 amide bonds. The van der Waals surface area contributed by atoms with Gasteiger partial charge in [-0.1, -0.05) is 18.2 Å². The van der Waals surface area contributed by atoms with Crippen LogP contribution in [0.5, 0.6) is 0 Å². The lowest BCUT2D eigenvalue weighted by molar-refractivity contribution is -0.157. The predicted octanol–water partition coefficient (Wildman–Crippen LogP) is 3.34. The lowest BCUT2D eigenvalue weighted by Gasteiger charge is -2.37. The van der Waals surface area contributed by atoms with Crippen LogP contribution in [0.25, 0.3) is 0 Å². The highest BCUT2D eigenvalue weighted by molar-refractivity contribution is 8.00. The first kappa shape index (κ1) is 21.1. The van der Waals surface area contributed by atoms with Crippen LogP contribution in [-0.4, -0.2) is 54.8 Å². The summed E-state index contributed by atoms with van der Waals surface area (Å²) >= 11 is 0.835. The monoisotopic (exact) mass is 420 g/mol. The Balaban J connectivity index is 1.45. The molecule has 8 heteroatoms. The average molecular weight is 420 g/mol. The molecule has 3 rings (SSSR count). The second-order valence-electron chi connectivity index (χ2n) is 6.64. The average Bonchev–Trinajstić information content (AvgIpc) is 2.74. The normalized spacial score (nSPS) is 15.1. The van der Waals surface area contributed by atoms with Crippen LogP contribution >= 0.6 is 11.8 Å². The SMILES string of the molecule is C[C@@H](OC(=O)CSc1cc(F)ccc1F)C(=O)N1CCN(c2ccccc2)CC1. The third-order valence-corrected chi connectivity index (χ3v) is 5.61. The molecule has 0 saturated carbocycles. The minimum absolute atomic E-state index is 0.0259. The fourth-order valence-electron chi connectivity index (χ4n) is 3.09. The smallest absolute Gasteiger partial charge is 0.317 e. The zero-order chi connectivity index (χ0) is 20.8. The molecule has 0 spiro atoms. The van der Waals surface area contributed by atoms with Crippen molar-refractivity contribution in [2.75, 3.05) is 36.8 Å². The Morgan fingerprint density at radius 1 is 1.07 bits per heavy atom. The fraction of sp³-hybridized carbons (Fsp3) is 0.333. The molecule has 0 unspecified atom stereocenters. The number of nitrogens with zero attached hydrogens (tertiary/aromatic N) is 2. The molecule has 0 aliphatic carbocycles. The molecular formula is C21H22F2N2O3S. The van der Waals surface area contributed by atoms with Crippen LogP contribution < -0.4 is 4.90 Å². The molecule has 0 bridgehead atoms. The summed E-state index contributed by atoms with van der Waals surface area (Å²) in [5, 5.41) is 0. The zero-order valence-electron chi connectivity index (χ0n) is 16.0. The Labute approximate surface area is 172 Å². The summed E-state index contributed by atoms with van der Waals surface area (Å²) in [4.78, 5) is 28.5. The summed E-state index contributed by atoms with van der Waals surface area (Å²) in [6.07, 6.45) is -0.927. The molecule has 1 aliphatic rings. The van der Waals surface area contributed by atoms with Crippen molar-refractivity contribution in [3.63, 3.8) is 0 Å². The van der Waals surface area contributed by atoms with Gasteiger partial charge in [-0.15, -0.1) is 11.8 Å². The van der Waals surface area contributed by atoms with Crippen molar-refractivity contribution in [2.24, 2.45) is 0 Å². The first-order valence-electron chi connectivity index (χ1n) is 9.30. The van der Waals surface area contributed by atoms with Gasteiger partial charge >= 0.3 is 5.97 Å². The molecule has 0 aromatic heterocycles. The number of carbonyl (C=O) groups is 2. The van der Waals surface area contributed by atoms with Gasteiger partial charge in [0.05, 0.1) is 5.75 Å². The van der Waals surface area contributed by atoms with E-state index in [-0.39, 0.29) is 16.6 Å². The summed E-state index contributed by atoms with van der Waals surface area (Å²) in [5.74, 6) is -2.31. The van der Waals surface area contributed by atoms with Gasteiger partial charge in [-0.05, 0) is 37.3 Å². The number of esters is 1. The number of rotatable bonds is 6. The van der Waals surface area contributed by atoms with Gasteiger partial charge in [-0.2, -0.15) is 0 Å². The van der Waals surface area contributed by atoms with E-state index in [9.17, 15) is 18.4 Å². The van der Waals surface area contributed by atoms with Crippen LogP contribution in [0.1, 0.15) is 6.92 Å². The number of benzene rings is 2. The third kappa shape index (κ3) is 5.69. The van der Waals surface area contributed by atoms with Crippen LogP contribution in [0.3, 0.4) is 0 Å². The third-order valence-electron chi connectivity index (χ3n) is 4.61. The van der Waals surface area contributed by atoms with Gasteiger partial charge < -0.3 is 14.5 Å². The van der Waals surface area contributed by atoms with E-state index >= 15 is 0 Å². The van der Waals surface area contributed by atoms with Crippen LogP contribution in [0, 0.1) is 11.6 Å². The Morgan fingerprint density at radius 2 is 1.76 bits per heavy atom. The van der Waals surface area contributed by atoms with E-state index in [4.69, 9.17) is 4.74 Å². The quantitative estimate of drug-likeness (QED) is 0.530. The van der Waals surface area contributed by atoms with Gasteiger partial charge in [0.1, 0.15) is 11.6 Å². The van der Waals surface area contributed by atoms with E-state index in [0.29, 0.717) is 26.2 Å². The van der Waals surface area contributed by atoms with Crippen molar-refractivity contribution in [3.8, 4) is 0 Å². The standard InChI is InChI=1S/C21H22F2N2O3S/c1-15(28-20(26)14-29-19-13-16(22)7-8-18(19)23)21(27)25-11-9-24(10-12-25)17-5-3-2-4-6-17/h2-8,13,15H,9-12,14H2,1H3/t15-/m1/s1. The summed E-state index contributed by atoms with van der Waals surface area (Å²) in [7, 11) is 0. The minimum atomic E-state index is -0.927. The van der Waals surface area contributed by atoms with E-state index in [0.717, 1.165) is 35.6 Å². The van der Waals surface area contributed by atoms with E-state index < -0.39 is 23.7 Å². The molecule has 2 aromatic carbocycles. The Bertz CT molecular complexity index is 858. The second-order valence-corrected chi connectivity index (χ2v) is 7.66. The van der Waals surface area contributed by atoms with Crippen LogP contribution in [0.4, 0.5) is 14.5 Å². The largest absolute Gasteiger partial charge is 0.452 e. The van der Waals surface area contributed by atoms with Crippen molar-refractivity contribution in [2.45, 2.75) is 17.9 Å². The molecule has 1 aliphatic heterocycles. The summed E-state index contributed by atoms with van der Waals surface area (Å²) < 4.78 is 32.0. The molecular weight excluding hydrogens is 398 g/mol. The van der Waals surface area contributed by atoms with Gasteiger partial charge in [0.15, 0.2) is 6.10 Å². The number of halogens is 2. The highest BCUT2D eigenvalue weighted by atomic mass is 32.2. The highest BCUT2D eigenvalue weighted by Crippen LogP contribution is 2.23. The molecule has 2 aromatic rings. The summed E-state index contributed by atoms with van der Waals surface area (Å²) in [5.41, 5.74) is 1.11. The molecule has 154 valence electrons. The van der Waals surface area contributed by atoms with E-state index in [1.165, 1.54) is 6.92 Å². The van der Waals surface area contributed by atoms with Crippen LogP contribution in [0.2, 0.25) is 0 Å². The molecule has 29 heavy (non-hydrogen) atoms. The molecule has 1 fully saturated rings. The second kappa shape index (κ2) is 9.73. The van der Waals surface area contributed by atoms with Gasteiger partial charge in [0, 0.05) is 36.8 Å². The van der Waals surface area contributed by atoms with Crippen molar-refractivity contribution >= 4 is 29.3 Å². The number of hydrogen-bond donors (Lipinski definition) is 0. The first-order chi connectivity index (χ1) is 13.9. The van der Waals surface area contributed by atoms with Crippen LogP contribution in [0.15, 0.2) is 53.4 Å². The van der Waals surface area contributed by atoms with E-state index in [2.05, 4.69) is 4.90 Å². The summed E-state index contributed by atoms with van der Waals surface area (Å²) in [6.45, 7) is 4.01. The van der Waals surface area contributed by atoms with E-state index in [1.807, 2.05) is 30.3 Å². The summed E-state index contributed by atoms with van der Waals surface area (Å²) in [6, 6.07) is 13.0. The lowest BCUT2D eigenvalue weighted by atomic mass is 10.2. The van der Waals surface area contributed by atoms with Gasteiger partial charge in [-0.3, -0.25) is 9.59 Å². The molecule has 1 atom stereocenters. The maximum atomic E-state index is 13.6. The van der Waals surface area contributed by atoms with Gasteiger partial charge in [-0.25, -0.2) is 8.78 Å². The predicted molar refractivity (Wildman–Crippen MR) is 108 cm³/mol. The van der Waals surface area contributed by atoms with Crippen molar-refractivity contribution in [3.05, 3.63) is 60.2 Å². The topological polar surface area (TPSA) is 49.9 Å². The number of ether oxygens (including phenoxy) is 1. The number of anilines is 1. The van der Waals surface area contributed by atoms with Gasteiger partial charge in [0.25, 0.3) is 5.91 Å². The number of piperazine rings is 1. The van der Waals surface area contributed by atoms with Crippen molar-refractivity contribution in [1.82, 2.24) is 4.90 Å². The number of amides is 1. The minimum Gasteiger partial charge on any atom is -0.452 e. The molecule has 5 nitrogen and oxygen atoms in total. The van der Waals surface area contributed by atoms with E-state index in [1.54, 1.807) is 4.90 Å². The lowest BCUT2D eigenvalue weighted by Crippen LogP contribution is -2.51. The highest BCUT2D eigenvalue weighted by Gasteiger charge is 2.27. The van der Waals surface area contributed by atoms with Crippen LogP contribution in [-0.2, 0) is 14.3 Å². The Morgan fingerprint density at radius 3 is 2.45 bits per heavy atom. The number of para-hydroxylation sites is 1. The van der Waals surface area contributed by atoms with Gasteiger partial charge in [0.2, 0.25) is 0 Å². The molecule has 0 radical (unpaired) electrons. The molecule has 1 saturated heterocycles. The first-order valence-corrected chi connectivity index (χ1v) is 10.3. The molecule has 0 N–H and O–H groups in total. The van der Waals surface area contributed by atoms with Crippen molar-refractivity contribution < 1.29 is 23.1 Å². The van der Waals surface area contributed by atoms with Crippen molar-refractivity contribution in [1.29, 1.82) is 0 Å². The number of thioether (sulfide) groups is 1. The molecule has 1 heterocycles. The number of hydrogen-bond acceptors (Lipinski definition) is 5. The maximum absolute atomic E-state index is 13.6.